The van der Waals surface area contributed by atoms with Crippen LogP contribution in [0.25, 0.3) is 0 Å². The Balaban J connectivity index is 2.20. The Morgan fingerprint density at radius 3 is 2.26 bits per heavy atom. The van der Waals surface area contributed by atoms with Gasteiger partial charge < -0.3 is 5.32 Å². The molecule has 0 saturated heterocycles. The lowest BCUT2D eigenvalue weighted by Crippen LogP contribution is -2.07. The van der Waals surface area contributed by atoms with Crippen molar-refractivity contribution in [1.29, 1.82) is 0 Å². The normalized spacial score (nSPS) is 12.3. The Kier molecular flexibility index (Phi) is 4.11. The van der Waals surface area contributed by atoms with Crippen molar-refractivity contribution in [2.24, 2.45) is 0 Å². The van der Waals surface area contributed by atoms with E-state index in [1.165, 1.54) is 17.2 Å². The van der Waals surface area contributed by atoms with E-state index in [1.54, 1.807) is 6.07 Å². The van der Waals surface area contributed by atoms with Crippen LogP contribution in [0.2, 0.25) is 5.02 Å². The molecule has 1 N–H and O–H groups in total. The molecule has 100 valence electrons. The number of benzene rings is 2. The van der Waals surface area contributed by atoms with Gasteiger partial charge >= 0.3 is 0 Å². The first-order valence-corrected chi connectivity index (χ1v) is 6.63. The third-order valence-corrected chi connectivity index (χ3v) is 3.36. The molecule has 0 fully saturated rings. The summed E-state index contributed by atoms with van der Waals surface area (Å²) in [6.45, 7) is 6.12. The summed E-state index contributed by atoms with van der Waals surface area (Å²) in [4.78, 5) is 0. The lowest BCUT2D eigenvalue weighted by molar-refractivity contribution is 0.624. The van der Waals surface area contributed by atoms with Crippen molar-refractivity contribution in [2.45, 2.75) is 26.8 Å². The zero-order chi connectivity index (χ0) is 14.0. The molecule has 19 heavy (non-hydrogen) atoms. The van der Waals surface area contributed by atoms with Crippen LogP contribution in [0.5, 0.6) is 0 Å². The molecule has 2 aromatic carbocycles. The molecule has 0 heterocycles. The third-order valence-electron chi connectivity index (χ3n) is 3.05. The second kappa shape index (κ2) is 5.62. The van der Waals surface area contributed by atoms with Crippen molar-refractivity contribution in [2.75, 3.05) is 5.32 Å². The summed E-state index contributed by atoms with van der Waals surface area (Å²) >= 11 is 5.69. The lowest BCUT2D eigenvalue weighted by atomic mass is 10.1. The van der Waals surface area contributed by atoms with Crippen LogP contribution in [0.3, 0.4) is 0 Å². The molecule has 0 aliphatic carbocycles. The zero-order valence-corrected chi connectivity index (χ0v) is 12.1. The van der Waals surface area contributed by atoms with Crippen LogP contribution in [0.1, 0.15) is 29.7 Å². The Hall–Kier alpha value is -1.54. The fourth-order valence-corrected chi connectivity index (χ4v) is 2.29. The second-order valence-electron chi connectivity index (χ2n) is 4.92. The van der Waals surface area contributed by atoms with E-state index in [-0.39, 0.29) is 16.9 Å². The predicted octanol–water partition coefficient (Wildman–Crippen LogP) is 5.27. The predicted molar refractivity (Wildman–Crippen MR) is 79.4 cm³/mol. The number of rotatable bonds is 3. The van der Waals surface area contributed by atoms with Crippen molar-refractivity contribution < 1.29 is 4.39 Å². The van der Waals surface area contributed by atoms with E-state index in [4.69, 9.17) is 11.6 Å². The molecule has 2 rings (SSSR count). The summed E-state index contributed by atoms with van der Waals surface area (Å²) in [6.07, 6.45) is 0. The van der Waals surface area contributed by atoms with Crippen molar-refractivity contribution in [3.05, 3.63) is 63.9 Å². The molecule has 0 radical (unpaired) electrons. The topological polar surface area (TPSA) is 12.0 Å². The third kappa shape index (κ3) is 3.48. The second-order valence-corrected chi connectivity index (χ2v) is 5.32. The smallest absolute Gasteiger partial charge is 0.142 e. The van der Waals surface area contributed by atoms with E-state index in [9.17, 15) is 4.39 Å². The molecule has 0 aliphatic heterocycles. The van der Waals surface area contributed by atoms with Gasteiger partial charge in [0.05, 0.1) is 5.02 Å². The van der Waals surface area contributed by atoms with Crippen LogP contribution in [-0.4, -0.2) is 0 Å². The van der Waals surface area contributed by atoms with Gasteiger partial charge in [0, 0.05) is 11.7 Å². The molecule has 1 nitrogen and oxygen atoms in total. The summed E-state index contributed by atoms with van der Waals surface area (Å²) in [5, 5.41) is 3.53. The lowest BCUT2D eigenvalue weighted by Gasteiger charge is -2.17. The van der Waals surface area contributed by atoms with Gasteiger partial charge in [0.25, 0.3) is 0 Å². The highest BCUT2D eigenvalue weighted by Crippen LogP contribution is 2.24. The van der Waals surface area contributed by atoms with Gasteiger partial charge in [-0.3, -0.25) is 0 Å². The Bertz CT molecular complexity index is 575. The van der Waals surface area contributed by atoms with Crippen molar-refractivity contribution in [1.82, 2.24) is 0 Å². The van der Waals surface area contributed by atoms with Crippen LogP contribution >= 0.6 is 11.6 Å². The first-order valence-electron chi connectivity index (χ1n) is 6.25. The molecule has 1 unspecified atom stereocenters. The molecule has 2 aromatic rings. The molecule has 0 saturated carbocycles. The minimum Gasteiger partial charge on any atom is -0.379 e. The molecule has 0 aliphatic rings. The molecular weight excluding hydrogens is 261 g/mol. The van der Waals surface area contributed by atoms with Gasteiger partial charge in [-0.25, -0.2) is 4.39 Å². The highest BCUT2D eigenvalue weighted by molar-refractivity contribution is 6.30. The number of hydrogen-bond acceptors (Lipinski definition) is 1. The van der Waals surface area contributed by atoms with Crippen LogP contribution in [0.15, 0.2) is 36.4 Å². The molecule has 0 spiro atoms. The average Bonchev–Trinajstić information content (AvgIpc) is 2.31. The van der Waals surface area contributed by atoms with E-state index in [0.29, 0.717) is 0 Å². The Labute approximate surface area is 118 Å². The summed E-state index contributed by atoms with van der Waals surface area (Å²) in [6, 6.07) is 11.2. The highest BCUT2D eigenvalue weighted by atomic mass is 35.5. The summed E-state index contributed by atoms with van der Waals surface area (Å²) in [5.41, 5.74) is 4.33. The molecular formula is C16H17ClFN. The number of hydrogen-bond donors (Lipinski definition) is 1. The fraction of sp³-hybridized carbons (Fsp3) is 0.250. The van der Waals surface area contributed by atoms with Gasteiger partial charge in [-0.1, -0.05) is 23.7 Å². The molecule has 0 amide bonds. The van der Waals surface area contributed by atoms with Crippen LogP contribution in [-0.2, 0) is 0 Å². The summed E-state index contributed by atoms with van der Waals surface area (Å²) in [7, 11) is 0. The van der Waals surface area contributed by atoms with Gasteiger partial charge in [-0.15, -0.1) is 0 Å². The highest BCUT2D eigenvalue weighted by Gasteiger charge is 2.08. The quantitative estimate of drug-likeness (QED) is 0.806. The number of aryl methyl sites for hydroxylation is 2. The monoisotopic (exact) mass is 277 g/mol. The Morgan fingerprint density at radius 2 is 1.68 bits per heavy atom. The molecule has 1 atom stereocenters. The Morgan fingerprint density at radius 1 is 1.05 bits per heavy atom. The maximum Gasteiger partial charge on any atom is 0.142 e. The SMILES string of the molecule is Cc1cc(C)cc(NC(C)c2ccc(Cl)c(F)c2)c1. The van der Waals surface area contributed by atoms with E-state index in [2.05, 4.69) is 37.4 Å². The maximum atomic E-state index is 13.4. The van der Waals surface area contributed by atoms with Crippen LogP contribution < -0.4 is 5.32 Å². The minimum atomic E-state index is -0.381. The van der Waals surface area contributed by atoms with E-state index in [0.717, 1.165) is 11.3 Å². The van der Waals surface area contributed by atoms with Gasteiger partial charge in [-0.2, -0.15) is 0 Å². The zero-order valence-electron chi connectivity index (χ0n) is 11.3. The van der Waals surface area contributed by atoms with Crippen LogP contribution in [0, 0.1) is 19.7 Å². The maximum absolute atomic E-state index is 13.4. The largest absolute Gasteiger partial charge is 0.379 e. The van der Waals surface area contributed by atoms with E-state index < -0.39 is 0 Å². The van der Waals surface area contributed by atoms with Gasteiger partial charge in [0.2, 0.25) is 0 Å². The molecule has 0 bridgehead atoms. The first kappa shape index (κ1) is 13.9. The average molecular weight is 278 g/mol. The van der Waals surface area contributed by atoms with Crippen molar-refractivity contribution in [3.8, 4) is 0 Å². The van der Waals surface area contributed by atoms with Gasteiger partial charge in [-0.05, 0) is 61.7 Å². The van der Waals surface area contributed by atoms with Crippen molar-refractivity contribution >= 4 is 17.3 Å². The van der Waals surface area contributed by atoms with Crippen LogP contribution in [0.4, 0.5) is 10.1 Å². The number of anilines is 1. The standard InChI is InChI=1S/C16H17ClFN/c1-10-6-11(2)8-14(7-10)19-12(3)13-4-5-15(17)16(18)9-13/h4-9,12,19H,1-3H3. The molecule has 3 heteroatoms. The summed E-state index contributed by atoms with van der Waals surface area (Å²) in [5.74, 6) is -0.381. The van der Waals surface area contributed by atoms with Crippen molar-refractivity contribution in [3.63, 3.8) is 0 Å². The van der Waals surface area contributed by atoms with Gasteiger partial charge in [0.15, 0.2) is 0 Å². The minimum absolute atomic E-state index is 0.0213. The molecule has 0 aromatic heterocycles. The van der Waals surface area contributed by atoms with Gasteiger partial charge in [0.1, 0.15) is 5.82 Å². The first-order chi connectivity index (χ1) is 8.95. The van der Waals surface area contributed by atoms with E-state index >= 15 is 0 Å². The van der Waals surface area contributed by atoms with E-state index in [1.807, 2.05) is 13.0 Å². The number of nitrogens with one attached hydrogen (secondary N) is 1. The summed E-state index contributed by atoms with van der Waals surface area (Å²) < 4.78 is 13.4. The number of halogens is 2. The fourth-order valence-electron chi connectivity index (χ4n) is 2.17.